The Hall–Kier alpha value is -4.07. The van der Waals surface area contributed by atoms with Crippen LogP contribution in [-0.2, 0) is 25.6 Å². The normalized spacial score (nSPS) is 15.3. The van der Waals surface area contributed by atoms with Gasteiger partial charge in [-0.2, -0.15) is 18.3 Å². The van der Waals surface area contributed by atoms with Crippen LogP contribution in [0.25, 0.3) is 11.5 Å². The van der Waals surface area contributed by atoms with E-state index in [1.807, 2.05) is 13.8 Å². The summed E-state index contributed by atoms with van der Waals surface area (Å²) in [6, 6.07) is 2.87. The van der Waals surface area contributed by atoms with E-state index in [0.29, 0.717) is 23.3 Å². The summed E-state index contributed by atoms with van der Waals surface area (Å²) in [6.45, 7) is 5.75. The molecule has 1 unspecified atom stereocenters. The number of amides is 2. The Bertz CT molecular complexity index is 1760. The average Bonchev–Trinajstić information content (AvgIpc) is 3.34. The Kier molecular flexibility index (Phi) is 7.68. The molecule has 3 aromatic heterocycles. The molecule has 1 atom stereocenters. The molecule has 0 saturated heterocycles. The molecule has 1 aliphatic heterocycles. The lowest BCUT2D eigenvalue weighted by Gasteiger charge is -2.35. The molecule has 0 spiro atoms. The highest BCUT2D eigenvalue weighted by molar-refractivity contribution is 9.10. The minimum atomic E-state index is -4.64. The summed E-state index contributed by atoms with van der Waals surface area (Å²) in [5.41, 5.74) is 0.741. The molecule has 0 saturated carbocycles. The molecular weight excluding hydrogens is 619 g/mol. The molecule has 0 bridgehead atoms. The van der Waals surface area contributed by atoms with Crippen LogP contribution in [0.5, 0.6) is 0 Å². The number of nitrogens with zero attached hydrogens (tertiary/aromatic N) is 6. The van der Waals surface area contributed by atoms with E-state index < -0.39 is 29.6 Å². The van der Waals surface area contributed by atoms with Crippen molar-refractivity contribution in [1.82, 2.24) is 34.4 Å². The van der Waals surface area contributed by atoms with Gasteiger partial charge in [0.15, 0.2) is 5.82 Å². The summed E-state index contributed by atoms with van der Waals surface area (Å²) < 4.78 is 43.5. The zero-order chi connectivity index (χ0) is 30.5. The fraction of sp³-hybridized carbons (Fsp3) is 0.357. The molecule has 14 heteroatoms. The Morgan fingerprint density at radius 2 is 1.90 bits per heavy atom. The third-order valence-corrected chi connectivity index (χ3v) is 7.87. The summed E-state index contributed by atoms with van der Waals surface area (Å²) >= 11 is 2.92. The quantitative estimate of drug-likeness (QED) is 0.348. The predicted molar refractivity (Wildman–Crippen MR) is 150 cm³/mol. The second kappa shape index (κ2) is 11.0. The fourth-order valence-corrected chi connectivity index (χ4v) is 5.65. The maximum atomic E-state index is 14.1. The molecule has 0 fully saturated rings. The van der Waals surface area contributed by atoms with Crippen molar-refractivity contribution >= 4 is 33.4 Å². The van der Waals surface area contributed by atoms with Crippen LogP contribution in [0.3, 0.4) is 0 Å². The smallest absolute Gasteiger partial charge is 0.354 e. The summed E-state index contributed by atoms with van der Waals surface area (Å²) in [7, 11) is 1.47. The lowest BCUT2D eigenvalue weighted by atomic mass is 9.97. The van der Waals surface area contributed by atoms with Gasteiger partial charge in [0.1, 0.15) is 11.3 Å². The topological polar surface area (TPSA) is 114 Å². The van der Waals surface area contributed by atoms with E-state index in [-0.39, 0.29) is 46.0 Å². The molecule has 42 heavy (non-hydrogen) atoms. The summed E-state index contributed by atoms with van der Waals surface area (Å²) in [5.74, 6) is -0.591. The Morgan fingerprint density at radius 1 is 1.17 bits per heavy atom. The van der Waals surface area contributed by atoms with Crippen LogP contribution in [0.1, 0.15) is 64.0 Å². The van der Waals surface area contributed by atoms with Gasteiger partial charge in [0.05, 0.1) is 36.4 Å². The van der Waals surface area contributed by atoms with Crippen LogP contribution in [0.2, 0.25) is 0 Å². The second-order valence-electron chi connectivity index (χ2n) is 10.6. The van der Waals surface area contributed by atoms with Crippen LogP contribution in [0, 0.1) is 5.92 Å². The van der Waals surface area contributed by atoms with Crippen LogP contribution in [-0.4, -0.2) is 54.0 Å². The van der Waals surface area contributed by atoms with E-state index in [1.165, 1.54) is 41.0 Å². The van der Waals surface area contributed by atoms with Gasteiger partial charge < -0.3 is 10.2 Å². The average molecular weight is 646 g/mol. The molecule has 1 aromatic carbocycles. The molecule has 0 radical (unpaired) electrons. The molecule has 4 heterocycles. The highest BCUT2D eigenvalue weighted by atomic mass is 79.9. The van der Waals surface area contributed by atoms with E-state index in [0.717, 1.165) is 11.6 Å². The number of benzene rings is 1. The Labute approximate surface area is 246 Å². The summed E-state index contributed by atoms with van der Waals surface area (Å²) in [4.78, 5) is 49.6. The largest absolute Gasteiger partial charge is 0.417 e. The number of alkyl halides is 3. The first-order valence-corrected chi connectivity index (χ1v) is 14.0. The van der Waals surface area contributed by atoms with Gasteiger partial charge in [0.2, 0.25) is 0 Å². The van der Waals surface area contributed by atoms with Gasteiger partial charge in [-0.05, 0) is 43.9 Å². The van der Waals surface area contributed by atoms with E-state index in [2.05, 4.69) is 36.3 Å². The molecule has 220 valence electrons. The van der Waals surface area contributed by atoms with E-state index in [1.54, 1.807) is 17.6 Å². The van der Waals surface area contributed by atoms with Gasteiger partial charge >= 0.3 is 6.18 Å². The third kappa shape index (κ3) is 5.19. The van der Waals surface area contributed by atoms with Gasteiger partial charge in [-0.15, -0.1) is 0 Å². The van der Waals surface area contributed by atoms with E-state index >= 15 is 0 Å². The van der Waals surface area contributed by atoms with Gasteiger partial charge in [0.25, 0.3) is 17.4 Å². The van der Waals surface area contributed by atoms with Crippen molar-refractivity contribution in [2.75, 3.05) is 7.05 Å². The van der Waals surface area contributed by atoms with Crippen LogP contribution < -0.4 is 10.9 Å². The number of fused-ring (bicyclic) bond motifs is 3. The van der Waals surface area contributed by atoms with Crippen LogP contribution in [0.15, 0.2) is 46.1 Å². The van der Waals surface area contributed by atoms with Crippen molar-refractivity contribution in [3.05, 3.63) is 85.3 Å². The minimum absolute atomic E-state index is 0.0383. The molecular formula is C28H27BrF3N7O3. The highest BCUT2D eigenvalue weighted by Gasteiger charge is 2.36. The fourth-order valence-electron chi connectivity index (χ4n) is 5.18. The van der Waals surface area contributed by atoms with Crippen molar-refractivity contribution in [1.29, 1.82) is 0 Å². The number of carbonyl (C=O) groups is 2. The molecule has 1 aliphatic rings. The molecule has 4 aromatic rings. The van der Waals surface area contributed by atoms with E-state index in [4.69, 9.17) is 0 Å². The number of hydrogen-bond acceptors (Lipinski definition) is 6. The zero-order valence-corrected chi connectivity index (χ0v) is 24.7. The van der Waals surface area contributed by atoms with Crippen molar-refractivity contribution in [3.8, 4) is 5.82 Å². The maximum absolute atomic E-state index is 14.1. The molecule has 1 N–H and O–H groups in total. The summed E-state index contributed by atoms with van der Waals surface area (Å²) in [6.07, 6.45) is 0.372. The standard InChI is InChI=1S/C28H27BrF3N7O3/c1-14(2)7-17-10-36-39-22-13-37(26(41)16-5-6-20(29)19(9-16)28(30,31)32)15(3)8-18(22)27(42)38(25(17)39)23-12-34-21(11-35-23)24(40)33-4/h5-6,9-12,14-15H,7-8,13H2,1-4H3,(H,33,40). The first-order chi connectivity index (χ1) is 19.8. The maximum Gasteiger partial charge on any atom is 0.417 e. The zero-order valence-electron chi connectivity index (χ0n) is 23.2. The number of aromatic nitrogens is 5. The lowest BCUT2D eigenvalue weighted by molar-refractivity contribution is -0.138. The summed E-state index contributed by atoms with van der Waals surface area (Å²) in [5, 5.41) is 7.05. The highest BCUT2D eigenvalue weighted by Crippen LogP contribution is 2.36. The van der Waals surface area contributed by atoms with Crippen LogP contribution in [0.4, 0.5) is 13.2 Å². The van der Waals surface area contributed by atoms with Crippen molar-refractivity contribution in [2.45, 2.75) is 52.4 Å². The van der Waals surface area contributed by atoms with Crippen molar-refractivity contribution in [3.63, 3.8) is 0 Å². The predicted octanol–water partition coefficient (Wildman–Crippen LogP) is 4.20. The minimum Gasteiger partial charge on any atom is -0.354 e. The number of carbonyl (C=O) groups excluding carboxylic acids is 2. The Morgan fingerprint density at radius 3 is 2.52 bits per heavy atom. The Balaban J connectivity index is 1.64. The first-order valence-electron chi connectivity index (χ1n) is 13.2. The van der Waals surface area contributed by atoms with Gasteiger partial charge in [0, 0.05) is 34.3 Å². The van der Waals surface area contributed by atoms with Gasteiger partial charge in [-0.3, -0.25) is 14.4 Å². The number of halogens is 4. The van der Waals surface area contributed by atoms with Crippen molar-refractivity contribution in [2.24, 2.45) is 5.92 Å². The van der Waals surface area contributed by atoms with Crippen LogP contribution >= 0.6 is 15.9 Å². The van der Waals surface area contributed by atoms with Gasteiger partial charge in [-0.1, -0.05) is 29.8 Å². The molecule has 5 rings (SSSR count). The van der Waals surface area contributed by atoms with Gasteiger partial charge in [-0.25, -0.2) is 19.1 Å². The third-order valence-electron chi connectivity index (χ3n) is 7.18. The van der Waals surface area contributed by atoms with E-state index in [9.17, 15) is 27.6 Å². The molecule has 2 amide bonds. The second-order valence-corrected chi connectivity index (χ2v) is 11.4. The lowest BCUT2D eigenvalue weighted by Crippen LogP contribution is -2.46. The molecule has 0 aliphatic carbocycles. The number of rotatable bonds is 5. The SMILES string of the molecule is CNC(=O)c1cnc(-n2c(=O)c3c(n4ncc(CC(C)C)c24)CN(C(=O)c2ccc(Br)c(C(F)(F)F)c2)C(C)C3)cn1. The van der Waals surface area contributed by atoms with Crippen molar-refractivity contribution < 1.29 is 22.8 Å². The molecule has 10 nitrogen and oxygen atoms in total. The number of hydrogen-bond donors (Lipinski definition) is 1. The first kappa shape index (κ1) is 29.4. The monoisotopic (exact) mass is 645 g/mol. The number of nitrogens with one attached hydrogen (secondary N) is 1.